The van der Waals surface area contributed by atoms with Crippen LogP contribution in [0, 0.1) is 0 Å². The zero-order valence-electron chi connectivity index (χ0n) is 13.8. The number of anilines is 1. The van der Waals surface area contributed by atoms with Gasteiger partial charge in [-0.1, -0.05) is 34.8 Å². The molecule has 0 radical (unpaired) electrons. The Kier molecular flexibility index (Phi) is 7.09. The van der Waals surface area contributed by atoms with Crippen LogP contribution < -0.4 is 4.72 Å². The van der Waals surface area contributed by atoms with Crippen molar-refractivity contribution in [3.05, 3.63) is 33.0 Å². The molecule has 7 nitrogen and oxygen atoms in total. The highest BCUT2D eigenvalue weighted by Gasteiger charge is 2.24. The Bertz CT molecular complexity index is 891. The molecule has 0 bridgehead atoms. The van der Waals surface area contributed by atoms with Crippen molar-refractivity contribution in [1.29, 1.82) is 0 Å². The van der Waals surface area contributed by atoms with Gasteiger partial charge in [-0.15, -0.1) is 0 Å². The molecular weight excluding hydrogens is 443 g/mol. The first-order valence-corrected chi connectivity index (χ1v) is 10.8. The van der Waals surface area contributed by atoms with Crippen molar-refractivity contribution >= 4 is 67.4 Å². The standard InChI is InChI=1S/C14H15Cl3N4O3S2/c1-3-21(4-2)12(22)7-11-18-14(25-19-11)20-26(23,24)13-9(16)5-8(15)6-10(13)17/h5-6H,3-4,7H2,1-2H3,(H,18,19,20). The minimum atomic E-state index is -4.09. The van der Waals surface area contributed by atoms with Gasteiger partial charge < -0.3 is 4.90 Å². The monoisotopic (exact) mass is 456 g/mol. The Morgan fingerprint density at radius 2 is 1.77 bits per heavy atom. The van der Waals surface area contributed by atoms with Crippen LogP contribution in [0.4, 0.5) is 5.13 Å². The van der Waals surface area contributed by atoms with E-state index < -0.39 is 10.0 Å². The van der Waals surface area contributed by atoms with E-state index in [9.17, 15) is 13.2 Å². The van der Waals surface area contributed by atoms with Crippen molar-refractivity contribution in [3.63, 3.8) is 0 Å². The predicted molar refractivity (Wildman–Crippen MR) is 104 cm³/mol. The minimum Gasteiger partial charge on any atom is -0.343 e. The Hall–Kier alpha value is -1.13. The highest BCUT2D eigenvalue weighted by Crippen LogP contribution is 2.33. The average Bonchev–Trinajstić information content (AvgIpc) is 2.93. The minimum absolute atomic E-state index is 0.00873. The van der Waals surface area contributed by atoms with Crippen LogP contribution in [0.5, 0.6) is 0 Å². The van der Waals surface area contributed by atoms with E-state index in [2.05, 4.69) is 14.1 Å². The second-order valence-electron chi connectivity index (χ2n) is 5.06. The lowest BCUT2D eigenvalue weighted by atomic mass is 10.3. The van der Waals surface area contributed by atoms with Gasteiger partial charge in [-0.05, 0) is 26.0 Å². The smallest absolute Gasteiger partial charge is 0.266 e. The number of nitrogens with one attached hydrogen (secondary N) is 1. The molecule has 0 aliphatic rings. The Morgan fingerprint density at radius 3 is 2.31 bits per heavy atom. The largest absolute Gasteiger partial charge is 0.343 e. The molecule has 0 unspecified atom stereocenters. The molecule has 1 amide bonds. The van der Waals surface area contributed by atoms with Gasteiger partial charge in [-0.25, -0.2) is 13.4 Å². The van der Waals surface area contributed by atoms with Crippen molar-refractivity contribution in [1.82, 2.24) is 14.3 Å². The fourth-order valence-electron chi connectivity index (χ4n) is 2.14. The molecule has 2 rings (SSSR count). The molecule has 0 aliphatic heterocycles. The van der Waals surface area contributed by atoms with Gasteiger partial charge in [0.1, 0.15) is 4.90 Å². The van der Waals surface area contributed by atoms with E-state index >= 15 is 0 Å². The van der Waals surface area contributed by atoms with E-state index in [0.29, 0.717) is 13.1 Å². The molecule has 0 atom stereocenters. The number of benzene rings is 1. The molecule has 1 N–H and O–H groups in total. The summed E-state index contributed by atoms with van der Waals surface area (Å²) in [7, 11) is -4.09. The number of amides is 1. The fraction of sp³-hybridized carbons (Fsp3) is 0.357. The molecule has 26 heavy (non-hydrogen) atoms. The number of nitrogens with zero attached hydrogens (tertiary/aromatic N) is 3. The zero-order chi connectivity index (χ0) is 19.5. The Morgan fingerprint density at radius 1 is 1.19 bits per heavy atom. The number of carbonyl (C=O) groups excluding carboxylic acids is 1. The van der Waals surface area contributed by atoms with E-state index in [1.165, 1.54) is 12.1 Å². The van der Waals surface area contributed by atoms with Crippen LogP contribution in [-0.4, -0.2) is 41.7 Å². The summed E-state index contributed by atoms with van der Waals surface area (Å²) in [6.07, 6.45) is -0.0115. The number of hydrogen-bond donors (Lipinski definition) is 1. The van der Waals surface area contributed by atoms with Crippen molar-refractivity contribution in [2.75, 3.05) is 17.8 Å². The second kappa shape index (κ2) is 8.71. The van der Waals surface area contributed by atoms with Crippen LogP contribution in [-0.2, 0) is 21.2 Å². The van der Waals surface area contributed by atoms with Crippen molar-refractivity contribution in [2.24, 2.45) is 0 Å². The van der Waals surface area contributed by atoms with Crippen LogP contribution in [0.2, 0.25) is 15.1 Å². The molecule has 0 aliphatic carbocycles. The van der Waals surface area contributed by atoms with Crippen LogP contribution in [0.15, 0.2) is 17.0 Å². The number of rotatable bonds is 7. The average molecular weight is 458 g/mol. The van der Waals surface area contributed by atoms with E-state index in [4.69, 9.17) is 34.8 Å². The lowest BCUT2D eigenvalue weighted by Crippen LogP contribution is -2.32. The first-order chi connectivity index (χ1) is 12.2. The maximum atomic E-state index is 12.5. The third-order valence-electron chi connectivity index (χ3n) is 3.35. The van der Waals surface area contributed by atoms with E-state index in [1.807, 2.05) is 13.8 Å². The van der Waals surface area contributed by atoms with Gasteiger partial charge in [0.05, 0.1) is 16.5 Å². The Balaban J connectivity index is 2.19. The Labute approximate surface area is 170 Å². The molecule has 1 heterocycles. The number of halogens is 3. The number of likely N-dealkylation sites (N-methyl/N-ethyl adjacent to an activating group) is 1. The predicted octanol–water partition coefficient (Wildman–Crippen LogP) is 3.71. The van der Waals surface area contributed by atoms with Crippen LogP contribution >= 0.6 is 46.3 Å². The third kappa shape index (κ3) is 4.98. The summed E-state index contributed by atoms with van der Waals surface area (Å²) in [5.74, 6) is 0.101. The first kappa shape index (κ1) is 21.2. The first-order valence-electron chi connectivity index (χ1n) is 7.45. The summed E-state index contributed by atoms with van der Waals surface area (Å²) >= 11 is 18.5. The maximum Gasteiger partial charge on any atom is 0.266 e. The third-order valence-corrected chi connectivity index (χ3v) is 6.62. The van der Waals surface area contributed by atoms with Gasteiger partial charge in [-0.2, -0.15) is 4.37 Å². The van der Waals surface area contributed by atoms with E-state index in [0.717, 1.165) is 11.5 Å². The number of aromatic nitrogens is 2. The molecule has 1 aromatic heterocycles. The molecular formula is C14H15Cl3N4O3S2. The lowest BCUT2D eigenvalue weighted by Gasteiger charge is -2.17. The normalized spacial score (nSPS) is 11.4. The number of hydrogen-bond acceptors (Lipinski definition) is 6. The molecule has 2 aromatic rings. The van der Waals surface area contributed by atoms with Crippen molar-refractivity contribution in [2.45, 2.75) is 25.2 Å². The lowest BCUT2D eigenvalue weighted by molar-refractivity contribution is -0.130. The summed E-state index contributed by atoms with van der Waals surface area (Å²) in [6, 6.07) is 2.55. The summed E-state index contributed by atoms with van der Waals surface area (Å²) < 4.78 is 31.3. The van der Waals surface area contributed by atoms with Gasteiger partial charge >= 0.3 is 0 Å². The topological polar surface area (TPSA) is 92.3 Å². The van der Waals surface area contributed by atoms with Gasteiger partial charge in [0, 0.05) is 29.6 Å². The molecule has 12 heteroatoms. The summed E-state index contributed by atoms with van der Waals surface area (Å²) in [4.78, 5) is 17.5. The fourth-order valence-corrected chi connectivity index (χ4v) is 5.50. The second-order valence-corrected chi connectivity index (χ2v) is 8.68. The molecule has 0 spiro atoms. The maximum absolute atomic E-state index is 12.5. The van der Waals surface area contributed by atoms with Crippen molar-refractivity contribution < 1.29 is 13.2 Å². The summed E-state index contributed by atoms with van der Waals surface area (Å²) in [5.41, 5.74) is 0. The van der Waals surface area contributed by atoms with E-state index in [-0.39, 0.29) is 43.2 Å². The van der Waals surface area contributed by atoms with Gasteiger partial charge in [0.25, 0.3) is 10.0 Å². The number of sulfonamides is 1. The highest BCUT2D eigenvalue weighted by molar-refractivity contribution is 7.93. The molecule has 0 saturated carbocycles. The van der Waals surface area contributed by atoms with Crippen molar-refractivity contribution in [3.8, 4) is 0 Å². The van der Waals surface area contributed by atoms with Gasteiger partial charge in [0.15, 0.2) is 5.82 Å². The quantitative estimate of drug-likeness (QED) is 0.684. The SMILES string of the molecule is CCN(CC)C(=O)Cc1nsc(NS(=O)(=O)c2c(Cl)cc(Cl)cc2Cl)n1. The molecule has 0 saturated heterocycles. The zero-order valence-corrected chi connectivity index (χ0v) is 17.7. The summed E-state index contributed by atoms with van der Waals surface area (Å²) in [6.45, 7) is 4.89. The molecule has 142 valence electrons. The number of carbonyl (C=O) groups is 1. The van der Waals surface area contributed by atoms with Crippen LogP contribution in [0.1, 0.15) is 19.7 Å². The highest BCUT2D eigenvalue weighted by atomic mass is 35.5. The molecule has 1 aromatic carbocycles. The van der Waals surface area contributed by atoms with E-state index in [1.54, 1.807) is 4.90 Å². The van der Waals surface area contributed by atoms with Crippen LogP contribution in [0.25, 0.3) is 0 Å². The van der Waals surface area contributed by atoms with Crippen LogP contribution in [0.3, 0.4) is 0 Å². The molecule has 0 fully saturated rings. The summed E-state index contributed by atoms with van der Waals surface area (Å²) in [5, 5.41) is -0.00519. The van der Waals surface area contributed by atoms with Gasteiger partial charge in [0.2, 0.25) is 11.0 Å². The van der Waals surface area contributed by atoms with Gasteiger partial charge in [-0.3, -0.25) is 9.52 Å².